The van der Waals surface area contributed by atoms with E-state index in [1.54, 1.807) is 6.07 Å². The maximum atomic E-state index is 12.6. The van der Waals surface area contributed by atoms with Gasteiger partial charge in [0.05, 0.1) is 26.9 Å². The van der Waals surface area contributed by atoms with E-state index in [2.05, 4.69) is 15.5 Å². The molecule has 2 aromatic rings. The van der Waals surface area contributed by atoms with Gasteiger partial charge in [0, 0.05) is 0 Å². The number of nitrogens with one attached hydrogen (secondary N) is 1. The molecule has 13 heteroatoms. The largest absolute Gasteiger partial charge is 0.497 e. The zero-order chi connectivity index (χ0) is 24.0. The van der Waals surface area contributed by atoms with E-state index in [-0.39, 0.29) is 28.0 Å². The van der Waals surface area contributed by atoms with E-state index in [4.69, 9.17) is 18.8 Å². The molecule has 0 spiro atoms. The molecule has 0 radical (unpaired) electrons. The Balaban J connectivity index is 1.72. The van der Waals surface area contributed by atoms with Crippen LogP contribution in [-0.2, 0) is 19.7 Å². The second-order valence-electron chi connectivity index (χ2n) is 6.47. The summed E-state index contributed by atoms with van der Waals surface area (Å²) >= 11 is 0.974. The summed E-state index contributed by atoms with van der Waals surface area (Å²) in [5.74, 6) is -0.902. The molecule has 174 valence electrons. The number of amides is 1. The van der Waals surface area contributed by atoms with Gasteiger partial charge in [-0.05, 0) is 48.0 Å². The van der Waals surface area contributed by atoms with E-state index in [9.17, 15) is 18.0 Å². The number of carbonyl (C=O) groups is 2. The number of ether oxygens (including phenoxy) is 2. The number of methoxy groups -OCH3 is 2. The van der Waals surface area contributed by atoms with Crippen LogP contribution in [0.25, 0.3) is 0 Å². The van der Waals surface area contributed by atoms with Crippen molar-refractivity contribution < 1.29 is 36.8 Å². The fourth-order valence-electron chi connectivity index (χ4n) is 2.64. The molecule has 2 aromatic carbocycles. The van der Waals surface area contributed by atoms with Gasteiger partial charge >= 0.3 is 16.1 Å². The average molecular weight is 494 g/mol. The molecule has 1 fully saturated rings. The Labute approximate surface area is 193 Å². The summed E-state index contributed by atoms with van der Waals surface area (Å²) in [6.45, 7) is 0. The van der Waals surface area contributed by atoms with Gasteiger partial charge in [0.25, 0.3) is 0 Å². The van der Waals surface area contributed by atoms with Gasteiger partial charge in [0.2, 0.25) is 5.91 Å². The van der Waals surface area contributed by atoms with Gasteiger partial charge < -0.3 is 24.1 Å². The van der Waals surface area contributed by atoms with Crippen molar-refractivity contribution in [2.75, 3.05) is 14.2 Å². The Morgan fingerprint density at radius 1 is 1.15 bits per heavy atom. The lowest BCUT2D eigenvalue weighted by Crippen LogP contribution is -2.26. The minimum absolute atomic E-state index is 0.0214. The Morgan fingerprint density at radius 2 is 1.88 bits per heavy atom. The van der Waals surface area contributed by atoms with Crippen molar-refractivity contribution >= 4 is 45.1 Å². The molecular formula is C20H19N3O8S2. The third kappa shape index (κ3) is 6.23. The first kappa shape index (κ1) is 24.1. The van der Waals surface area contributed by atoms with Crippen LogP contribution in [0.5, 0.6) is 17.2 Å². The Hall–Kier alpha value is -3.58. The van der Waals surface area contributed by atoms with Crippen LogP contribution in [-0.4, -0.2) is 56.3 Å². The topological polar surface area (TPSA) is 153 Å². The molecule has 11 nitrogen and oxygen atoms in total. The van der Waals surface area contributed by atoms with Crippen LogP contribution in [0.2, 0.25) is 0 Å². The van der Waals surface area contributed by atoms with Crippen molar-refractivity contribution in [3.05, 3.63) is 48.0 Å². The molecule has 2 N–H and O–H groups in total. The van der Waals surface area contributed by atoms with Crippen LogP contribution in [0.15, 0.2) is 57.6 Å². The SMILES string of the molecule is COc1ccc(S(=O)(=O)Oc2ccc(/C=N/N=C3\NC(=O)C(CC(=O)O)S3)cc2OC)cc1. The van der Waals surface area contributed by atoms with Crippen molar-refractivity contribution in [1.29, 1.82) is 0 Å². The molecule has 33 heavy (non-hydrogen) atoms. The first-order chi connectivity index (χ1) is 15.7. The molecule has 0 aromatic heterocycles. The molecular weight excluding hydrogens is 474 g/mol. The number of nitrogens with zero attached hydrogens (tertiary/aromatic N) is 2. The second-order valence-corrected chi connectivity index (χ2v) is 9.20. The zero-order valence-corrected chi connectivity index (χ0v) is 19.1. The molecule has 3 rings (SSSR count). The predicted molar refractivity (Wildman–Crippen MR) is 121 cm³/mol. The highest BCUT2D eigenvalue weighted by Crippen LogP contribution is 2.31. The highest BCUT2D eigenvalue weighted by atomic mass is 32.2. The number of hydrogen-bond acceptors (Lipinski definition) is 10. The number of rotatable bonds is 9. The Morgan fingerprint density at radius 3 is 2.52 bits per heavy atom. The molecule has 1 unspecified atom stereocenters. The van der Waals surface area contributed by atoms with Crippen LogP contribution < -0.4 is 19.0 Å². The van der Waals surface area contributed by atoms with Crippen molar-refractivity contribution in [2.45, 2.75) is 16.6 Å². The predicted octanol–water partition coefficient (Wildman–Crippen LogP) is 1.87. The Kier molecular flexibility index (Phi) is 7.55. The van der Waals surface area contributed by atoms with Crippen LogP contribution in [0, 0.1) is 0 Å². The molecule has 1 saturated heterocycles. The maximum absolute atomic E-state index is 12.6. The number of carbonyl (C=O) groups excluding carboxylic acids is 1. The summed E-state index contributed by atoms with van der Waals surface area (Å²) < 4.78 is 40.6. The second kappa shape index (κ2) is 10.4. The highest BCUT2D eigenvalue weighted by molar-refractivity contribution is 8.15. The first-order valence-corrected chi connectivity index (χ1v) is 11.6. The maximum Gasteiger partial charge on any atom is 0.339 e. The quantitative estimate of drug-likeness (QED) is 0.303. The summed E-state index contributed by atoms with van der Waals surface area (Å²) in [6.07, 6.45) is 1.03. The van der Waals surface area contributed by atoms with E-state index in [0.29, 0.717) is 11.3 Å². The summed E-state index contributed by atoms with van der Waals surface area (Å²) in [6, 6.07) is 10.2. The molecule has 1 heterocycles. The number of thioether (sulfide) groups is 1. The van der Waals surface area contributed by atoms with Crippen LogP contribution in [0.3, 0.4) is 0 Å². The lowest BCUT2D eigenvalue weighted by atomic mass is 10.2. The van der Waals surface area contributed by atoms with Crippen molar-refractivity contribution in [1.82, 2.24) is 5.32 Å². The molecule has 1 atom stereocenters. The van der Waals surface area contributed by atoms with E-state index in [1.807, 2.05) is 0 Å². The third-order valence-corrected chi connectivity index (χ3v) is 6.55. The number of hydrogen-bond donors (Lipinski definition) is 2. The van der Waals surface area contributed by atoms with Crippen LogP contribution >= 0.6 is 11.8 Å². The zero-order valence-electron chi connectivity index (χ0n) is 17.4. The first-order valence-electron chi connectivity index (χ1n) is 9.29. The molecule has 0 aliphatic carbocycles. The molecule has 1 aliphatic rings. The van der Waals surface area contributed by atoms with Crippen LogP contribution in [0.1, 0.15) is 12.0 Å². The number of carboxylic acid groups (broad SMARTS) is 1. The fourth-order valence-corrected chi connectivity index (χ4v) is 4.49. The highest BCUT2D eigenvalue weighted by Gasteiger charge is 2.32. The normalized spacial score (nSPS) is 17.2. The van der Waals surface area contributed by atoms with E-state index in [0.717, 1.165) is 11.8 Å². The van der Waals surface area contributed by atoms with Crippen LogP contribution in [0.4, 0.5) is 0 Å². The summed E-state index contributed by atoms with van der Waals surface area (Å²) in [5, 5.41) is 18.4. The average Bonchev–Trinajstić information content (AvgIpc) is 3.12. The smallest absolute Gasteiger partial charge is 0.339 e. The van der Waals surface area contributed by atoms with Gasteiger partial charge in [-0.2, -0.15) is 13.5 Å². The lowest BCUT2D eigenvalue weighted by Gasteiger charge is -2.11. The summed E-state index contributed by atoms with van der Waals surface area (Å²) in [7, 11) is -1.28. The molecule has 0 bridgehead atoms. The van der Waals surface area contributed by atoms with Gasteiger partial charge in [-0.3, -0.25) is 9.59 Å². The lowest BCUT2D eigenvalue weighted by molar-refractivity contribution is -0.138. The number of amidine groups is 1. The molecule has 0 saturated carbocycles. The monoisotopic (exact) mass is 493 g/mol. The fraction of sp³-hybridized carbons (Fsp3) is 0.200. The van der Waals surface area contributed by atoms with Gasteiger partial charge in [-0.15, -0.1) is 5.10 Å². The van der Waals surface area contributed by atoms with Gasteiger partial charge in [0.1, 0.15) is 15.9 Å². The van der Waals surface area contributed by atoms with E-state index < -0.39 is 27.2 Å². The van der Waals surface area contributed by atoms with Gasteiger partial charge in [-0.1, -0.05) is 11.8 Å². The number of aliphatic carboxylic acids is 1. The Bertz CT molecular complexity index is 1210. The molecule has 1 amide bonds. The third-order valence-electron chi connectivity index (χ3n) is 4.23. The van der Waals surface area contributed by atoms with Crippen molar-refractivity contribution in [3.63, 3.8) is 0 Å². The van der Waals surface area contributed by atoms with Crippen molar-refractivity contribution in [2.24, 2.45) is 10.2 Å². The summed E-state index contributed by atoms with van der Waals surface area (Å²) in [5.41, 5.74) is 0.516. The number of benzene rings is 2. The minimum atomic E-state index is -4.11. The molecule has 1 aliphatic heterocycles. The van der Waals surface area contributed by atoms with Gasteiger partial charge in [0.15, 0.2) is 16.7 Å². The minimum Gasteiger partial charge on any atom is -0.497 e. The van der Waals surface area contributed by atoms with Gasteiger partial charge in [-0.25, -0.2) is 0 Å². The van der Waals surface area contributed by atoms with Crippen molar-refractivity contribution in [3.8, 4) is 17.2 Å². The van der Waals surface area contributed by atoms with E-state index >= 15 is 0 Å². The standard InChI is InChI=1S/C20H19N3O8S2/c1-29-13-4-6-14(7-5-13)33(27,28)31-15-8-3-12(9-16(15)30-2)11-21-23-20-22-19(26)17(32-20)10-18(24)25/h3-9,11,17H,10H2,1-2H3,(H,24,25)(H,22,23,26)/b21-11+. The summed E-state index contributed by atoms with van der Waals surface area (Å²) in [4.78, 5) is 22.4. The number of carboxylic acids is 1. The van der Waals surface area contributed by atoms with E-state index in [1.165, 1.54) is 56.8 Å².